The monoisotopic (exact) mass is 542 g/mol. The van der Waals surface area contributed by atoms with Gasteiger partial charge >= 0.3 is 0 Å². The normalized spacial score (nSPS) is 12.0. The predicted molar refractivity (Wildman–Crippen MR) is 178 cm³/mol. The molecule has 0 saturated heterocycles. The summed E-state index contributed by atoms with van der Waals surface area (Å²) in [6, 6.07) is 47.3. The van der Waals surface area contributed by atoms with Gasteiger partial charge in [0.05, 0.1) is 0 Å². The van der Waals surface area contributed by atoms with Crippen LogP contribution in [0.5, 0.6) is 0 Å². The molecule has 0 N–H and O–H groups in total. The van der Waals surface area contributed by atoms with Gasteiger partial charge in [0.15, 0.2) is 0 Å². The van der Waals surface area contributed by atoms with E-state index < -0.39 is 0 Å². The average Bonchev–Trinajstić information content (AvgIpc) is 3.64. The summed E-state index contributed by atoms with van der Waals surface area (Å²) in [7, 11) is 0. The van der Waals surface area contributed by atoms with Crippen LogP contribution in [0.2, 0.25) is 0 Å². The van der Waals surface area contributed by atoms with Gasteiger partial charge in [0.1, 0.15) is 0 Å². The maximum absolute atomic E-state index is 2.43. The van der Waals surface area contributed by atoms with Gasteiger partial charge in [-0.25, -0.2) is 0 Å². The first-order valence-electron chi connectivity index (χ1n) is 13.6. The molecule has 9 aromatic rings. The van der Waals surface area contributed by atoms with Crippen molar-refractivity contribution in [2.75, 3.05) is 0 Å². The Hall–Kier alpha value is -4.50. The Kier molecular flexibility index (Phi) is 4.74. The van der Waals surface area contributed by atoms with E-state index in [4.69, 9.17) is 0 Å². The Balaban J connectivity index is 1.40. The highest BCUT2D eigenvalue weighted by atomic mass is 32.1. The van der Waals surface area contributed by atoms with Gasteiger partial charge in [-0.2, -0.15) is 0 Å². The molecule has 2 aromatic heterocycles. The molecule has 9 rings (SSSR count). The van der Waals surface area contributed by atoms with Crippen molar-refractivity contribution in [2.24, 2.45) is 0 Å². The molecule has 0 fully saturated rings. The highest BCUT2D eigenvalue weighted by molar-refractivity contribution is 7.27. The number of benzene rings is 7. The lowest BCUT2D eigenvalue weighted by atomic mass is 9.84. The lowest BCUT2D eigenvalue weighted by molar-refractivity contribution is 1.69. The second-order valence-corrected chi connectivity index (χ2v) is 12.5. The van der Waals surface area contributed by atoms with Crippen LogP contribution in [-0.2, 0) is 0 Å². The summed E-state index contributed by atoms with van der Waals surface area (Å²) in [5.41, 5.74) is 5.19. The third-order valence-electron chi connectivity index (χ3n) is 8.35. The lowest BCUT2D eigenvalue weighted by Gasteiger charge is -2.19. The summed E-state index contributed by atoms with van der Waals surface area (Å²) in [6.45, 7) is 0. The van der Waals surface area contributed by atoms with Crippen molar-refractivity contribution in [1.82, 2.24) is 0 Å². The quantitative estimate of drug-likeness (QED) is 0.191. The van der Waals surface area contributed by atoms with Gasteiger partial charge in [0.25, 0.3) is 0 Å². The number of hydrogen-bond acceptors (Lipinski definition) is 2. The van der Waals surface area contributed by atoms with Gasteiger partial charge in [0.2, 0.25) is 0 Å². The minimum Gasteiger partial charge on any atom is -0.144 e. The first-order chi connectivity index (χ1) is 19.8. The van der Waals surface area contributed by atoms with E-state index in [1.54, 1.807) is 0 Å². The number of hydrogen-bond donors (Lipinski definition) is 0. The van der Waals surface area contributed by atoms with Gasteiger partial charge in [0, 0.05) is 30.3 Å². The van der Waals surface area contributed by atoms with Crippen LogP contribution in [0.4, 0.5) is 0 Å². The second kappa shape index (κ2) is 8.50. The molecule has 7 aromatic carbocycles. The highest BCUT2D eigenvalue weighted by Gasteiger charge is 2.18. The lowest BCUT2D eigenvalue weighted by Crippen LogP contribution is -1.91. The van der Waals surface area contributed by atoms with E-state index in [-0.39, 0.29) is 0 Å². The largest absolute Gasteiger partial charge is 0.144 e. The maximum Gasteiger partial charge on any atom is 0.0442 e. The summed E-state index contributed by atoms with van der Waals surface area (Å²) >= 11 is 3.74. The molecule has 0 nitrogen and oxygen atoms in total. The zero-order chi connectivity index (χ0) is 26.2. The third-order valence-corrected chi connectivity index (χ3v) is 10.4. The summed E-state index contributed by atoms with van der Waals surface area (Å²) in [5.74, 6) is 0. The number of fused-ring (bicyclic) bond motifs is 8. The molecule has 0 radical (unpaired) electrons. The molecule has 40 heavy (non-hydrogen) atoms. The summed E-state index contributed by atoms with van der Waals surface area (Å²) < 4.78 is 4.10. The standard InChI is InChI=1S/C38H22S2/c1-2-10-25-23(8-1)9-7-15-26(25)37-29-13-5-3-11-27(29)36(28-12-4-6-14-30(28)37)24-16-18-35-33(22-24)31-17-19-34-32(20-21-39-34)38(31)40-35/h1-22H. The zero-order valence-corrected chi connectivity index (χ0v) is 23.2. The van der Waals surface area contributed by atoms with Crippen molar-refractivity contribution in [3.8, 4) is 22.3 Å². The van der Waals surface area contributed by atoms with E-state index in [0.29, 0.717) is 0 Å². The molecule has 0 aliphatic heterocycles. The van der Waals surface area contributed by atoms with Crippen molar-refractivity contribution in [3.05, 3.63) is 133 Å². The van der Waals surface area contributed by atoms with E-state index in [9.17, 15) is 0 Å². The molecule has 0 spiro atoms. The van der Waals surface area contributed by atoms with E-state index in [0.717, 1.165) is 0 Å². The molecular weight excluding hydrogens is 521 g/mol. The van der Waals surface area contributed by atoms with Crippen molar-refractivity contribution < 1.29 is 0 Å². The minimum atomic E-state index is 1.27. The Labute approximate surface area is 239 Å². The van der Waals surface area contributed by atoms with Crippen LogP contribution in [0.1, 0.15) is 0 Å². The van der Waals surface area contributed by atoms with Gasteiger partial charge in [-0.15, -0.1) is 22.7 Å². The molecule has 186 valence electrons. The van der Waals surface area contributed by atoms with E-state index >= 15 is 0 Å². The molecule has 0 atom stereocenters. The predicted octanol–water partition coefficient (Wildman–Crippen LogP) is 12.1. The van der Waals surface area contributed by atoms with Crippen LogP contribution in [0.15, 0.2) is 133 Å². The summed E-state index contributed by atoms with van der Waals surface area (Å²) in [4.78, 5) is 0. The highest BCUT2D eigenvalue weighted by Crippen LogP contribution is 2.47. The Morgan fingerprint density at radius 1 is 0.400 bits per heavy atom. The van der Waals surface area contributed by atoms with E-state index in [1.165, 1.54) is 84.8 Å². The number of thiophene rings is 2. The molecule has 0 aliphatic rings. The second-order valence-electron chi connectivity index (χ2n) is 10.5. The van der Waals surface area contributed by atoms with Gasteiger partial charge in [-0.3, -0.25) is 0 Å². The zero-order valence-electron chi connectivity index (χ0n) is 21.5. The van der Waals surface area contributed by atoms with E-state index in [2.05, 4.69) is 133 Å². The molecular formula is C38H22S2. The molecule has 2 heterocycles. The van der Waals surface area contributed by atoms with Crippen molar-refractivity contribution in [2.45, 2.75) is 0 Å². The smallest absolute Gasteiger partial charge is 0.0442 e. The fraction of sp³-hybridized carbons (Fsp3) is 0. The molecule has 0 unspecified atom stereocenters. The first kappa shape index (κ1) is 22.3. The van der Waals surface area contributed by atoms with Gasteiger partial charge in [-0.1, -0.05) is 103 Å². The van der Waals surface area contributed by atoms with Crippen LogP contribution >= 0.6 is 22.7 Å². The average molecular weight is 543 g/mol. The maximum atomic E-state index is 2.43. The van der Waals surface area contributed by atoms with Gasteiger partial charge in [-0.05, 0) is 84.2 Å². The van der Waals surface area contributed by atoms with Crippen molar-refractivity contribution >= 4 is 85.2 Å². The summed E-state index contributed by atoms with van der Waals surface area (Å²) in [6.07, 6.45) is 0. The molecule has 0 bridgehead atoms. The summed E-state index contributed by atoms with van der Waals surface area (Å²) in [5, 5.41) is 14.0. The molecule has 0 aliphatic carbocycles. The van der Waals surface area contributed by atoms with Crippen LogP contribution < -0.4 is 0 Å². The fourth-order valence-corrected chi connectivity index (χ4v) is 8.68. The first-order valence-corrected chi connectivity index (χ1v) is 15.3. The molecule has 0 amide bonds. The van der Waals surface area contributed by atoms with Gasteiger partial charge < -0.3 is 0 Å². The van der Waals surface area contributed by atoms with Crippen LogP contribution in [-0.4, -0.2) is 0 Å². The Morgan fingerprint density at radius 2 is 1.05 bits per heavy atom. The fourth-order valence-electron chi connectivity index (χ4n) is 6.61. The topological polar surface area (TPSA) is 0 Å². The number of rotatable bonds is 2. The molecule has 0 saturated carbocycles. The SMILES string of the molecule is c1ccc2c(-c3c4ccccc4c(-c4ccc5sc6c7ccsc7ccc6c5c4)c4ccccc34)cccc2c1. The Bertz CT molecular complexity index is 2370. The van der Waals surface area contributed by atoms with E-state index in [1.807, 2.05) is 22.7 Å². The minimum absolute atomic E-state index is 1.27. The van der Waals surface area contributed by atoms with Crippen LogP contribution in [0.3, 0.4) is 0 Å². The van der Waals surface area contributed by atoms with Crippen LogP contribution in [0, 0.1) is 0 Å². The third kappa shape index (κ3) is 3.12. The van der Waals surface area contributed by atoms with Crippen molar-refractivity contribution in [3.63, 3.8) is 0 Å². The molecule has 2 heteroatoms. The Morgan fingerprint density at radius 3 is 1.82 bits per heavy atom. The van der Waals surface area contributed by atoms with Crippen molar-refractivity contribution in [1.29, 1.82) is 0 Å². The van der Waals surface area contributed by atoms with Crippen LogP contribution in [0.25, 0.3) is 84.8 Å².